The van der Waals surface area contributed by atoms with Gasteiger partial charge in [-0.2, -0.15) is 5.10 Å². The van der Waals surface area contributed by atoms with Crippen LogP contribution in [-0.4, -0.2) is 15.2 Å². The first-order valence-corrected chi connectivity index (χ1v) is 5.33. The van der Waals surface area contributed by atoms with Gasteiger partial charge in [0.25, 0.3) is 0 Å². The van der Waals surface area contributed by atoms with E-state index < -0.39 is 0 Å². The van der Waals surface area contributed by atoms with Gasteiger partial charge in [0, 0.05) is 6.42 Å². The maximum absolute atomic E-state index is 6.04. The molecule has 15 heavy (non-hydrogen) atoms. The van der Waals surface area contributed by atoms with Crippen molar-refractivity contribution in [3.63, 3.8) is 0 Å². The van der Waals surface area contributed by atoms with E-state index in [1.807, 2.05) is 6.92 Å². The van der Waals surface area contributed by atoms with Crippen molar-refractivity contribution in [3.05, 3.63) is 34.1 Å². The molecule has 1 aromatic heterocycles. The number of hydrogen-bond acceptors (Lipinski definition) is 2. The summed E-state index contributed by atoms with van der Waals surface area (Å²) in [6, 6.07) is 5.33. The summed E-state index contributed by atoms with van der Waals surface area (Å²) in [7, 11) is 0. The molecule has 78 valence electrons. The van der Waals surface area contributed by atoms with Crippen LogP contribution in [0.15, 0.2) is 18.2 Å². The maximum atomic E-state index is 6.04. The van der Waals surface area contributed by atoms with Gasteiger partial charge in [-0.1, -0.05) is 36.2 Å². The summed E-state index contributed by atoms with van der Waals surface area (Å²) in [5.41, 5.74) is 0.678. The van der Waals surface area contributed by atoms with Crippen molar-refractivity contribution >= 4 is 23.2 Å². The summed E-state index contributed by atoms with van der Waals surface area (Å²) < 4.78 is 0. The van der Waals surface area contributed by atoms with Gasteiger partial charge in [-0.05, 0) is 12.1 Å². The van der Waals surface area contributed by atoms with Crippen LogP contribution in [0.2, 0.25) is 10.0 Å². The van der Waals surface area contributed by atoms with E-state index in [-0.39, 0.29) is 0 Å². The molecular formula is C10H9Cl2N3. The second-order valence-electron chi connectivity index (χ2n) is 3.06. The first-order chi connectivity index (χ1) is 7.22. The van der Waals surface area contributed by atoms with Crippen molar-refractivity contribution in [2.75, 3.05) is 0 Å². The highest BCUT2D eigenvalue weighted by molar-refractivity contribution is 6.38. The zero-order valence-electron chi connectivity index (χ0n) is 8.09. The SMILES string of the molecule is CCc1nc(-c2c(Cl)cccc2Cl)n[nH]1. The van der Waals surface area contributed by atoms with Crippen LogP contribution < -0.4 is 0 Å². The molecule has 1 N–H and O–H groups in total. The fourth-order valence-corrected chi connectivity index (χ4v) is 1.84. The minimum atomic E-state index is 0.544. The van der Waals surface area contributed by atoms with E-state index in [0.717, 1.165) is 12.2 Å². The highest BCUT2D eigenvalue weighted by Crippen LogP contribution is 2.32. The lowest BCUT2D eigenvalue weighted by Gasteiger charge is -2.01. The third kappa shape index (κ3) is 1.98. The Bertz CT molecular complexity index is 459. The molecule has 1 heterocycles. The molecule has 5 heteroatoms. The Morgan fingerprint density at radius 1 is 1.27 bits per heavy atom. The second-order valence-corrected chi connectivity index (χ2v) is 3.87. The normalized spacial score (nSPS) is 10.6. The zero-order valence-corrected chi connectivity index (χ0v) is 9.60. The highest BCUT2D eigenvalue weighted by atomic mass is 35.5. The van der Waals surface area contributed by atoms with E-state index in [0.29, 0.717) is 21.4 Å². The van der Waals surface area contributed by atoms with Crippen molar-refractivity contribution in [3.8, 4) is 11.4 Å². The van der Waals surface area contributed by atoms with Crippen LogP contribution in [0.4, 0.5) is 0 Å². The smallest absolute Gasteiger partial charge is 0.184 e. The van der Waals surface area contributed by atoms with Gasteiger partial charge in [-0.25, -0.2) is 4.98 Å². The Morgan fingerprint density at radius 2 is 1.93 bits per heavy atom. The third-order valence-electron chi connectivity index (χ3n) is 2.05. The molecule has 0 radical (unpaired) electrons. The highest BCUT2D eigenvalue weighted by Gasteiger charge is 2.12. The number of aromatic amines is 1. The van der Waals surface area contributed by atoms with Crippen LogP contribution in [0.1, 0.15) is 12.7 Å². The van der Waals surface area contributed by atoms with Crippen molar-refractivity contribution in [2.45, 2.75) is 13.3 Å². The maximum Gasteiger partial charge on any atom is 0.184 e. The number of rotatable bonds is 2. The Labute approximate surface area is 97.4 Å². The van der Waals surface area contributed by atoms with Crippen LogP contribution in [-0.2, 0) is 6.42 Å². The topological polar surface area (TPSA) is 41.6 Å². The molecular weight excluding hydrogens is 233 g/mol. The molecule has 0 fully saturated rings. The second kappa shape index (κ2) is 4.21. The van der Waals surface area contributed by atoms with Gasteiger partial charge in [0.05, 0.1) is 15.6 Å². The number of halogens is 2. The Balaban J connectivity index is 2.53. The van der Waals surface area contributed by atoms with Gasteiger partial charge in [-0.15, -0.1) is 0 Å². The van der Waals surface area contributed by atoms with Crippen molar-refractivity contribution in [1.29, 1.82) is 0 Å². The van der Waals surface area contributed by atoms with E-state index in [2.05, 4.69) is 15.2 Å². The molecule has 0 saturated carbocycles. The number of aryl methyl sites for hydroxylation is 1. The summed E-state index contributed by atoms with van der Waals surface area (Å²) in [5, 5.41) is 8.02. The Hall–Kier alpha value is -1.06. The fraction of sp³-hybridized carbons (Fsp3) is 0.200. The molecule has 0 amide bonds. The van der Waals surface area contributed by atoms with Crippen molar-refractivity contribution in [2.24, 2.45) is 0 Å². The molecule has 0 aliphatic rings. The molecule has 3 nitrogen and oxygen atoms in total. The van der Waals surface area contributed by atoms with Crippen LogP contribution in [0.25, 0.3) is 11.4 Å². The predicted molar refractivity (Wildman–Crippen MR) is 61.2 cm³/mol. The summed E-state index contributed by atoms with van der Waals surface area (Å²) >= 11 is 12.1. The molecule has 1 aromatic carbocycles. The molecule has 0 aliphatic carbocycles. The monoisotopic (exact) mass is 241 g/mol. The average Bonchev–Trinajstić information content (AvgIpc) is 2.66. The van der Waals surface area contributed by atoms with Crippen LogP contribution in [0, 0.1) is 0 Å². The van der Waals surface area contributed by atoms with E-state index in [1.54, 1.807) is 18.2 Å². The summed E-state index contributed by atoms with van der Waals surface area (Å²) in [5.74, 6) is 1.36. The first-order valence-electron chi connectivity index (χ1n) is 4.58. The van der Waals surface area contributed by atoms with Gasteiger partial charge in [0.15, 0.2) is 5.82 Å². The minimum Gasteiger partial charge on any atom is -0.263 e. The summed E-state index contributed by atoms with van der Waals surface area (Å²) in [6.45, 7) is 2.00. The van der Waals surface area contributed by atoms with Gasteiger partial charge in [0.2, 0.25) is 0 Å². The number of aromatic nitrogens is 3. The molecule has 0 bridgehead atoms. The summed E-state index contributed by atoms with van der Waals surface area (Å²) in [6.07, 6.45) is 0.801. The minimum absolute atomic E-state index is 0.544. The van der Waals surface area contributed by atoms with Crippen molar-refractivity contribution < 1.29 is 0 Å². The Kier molecular flexibility index (Phi) is 2.93. The lowest BCUT2D eigenvalue weighted by atomic mass is 10.2. The van der Waals surface area contributed by atoms with Gasteiger partial charge >= 0.3 is 0 Å². The van der Waals surface area contributed by atoms with Crippen LogP contribution in [0.3, 0.4) is 0 Å². The predicted octanol–water partition coefficient (Wildman–Crippen LogP) is 3.34. The molecule has 0 atom stereocenters. The van der Waals surface area contributed by atoms with Gasteiger partial charge < -0.3 is 0 Å². The number of nitrogens with zero attached hydrogens (tertiary/aromatic N) is 2. The largest absolute Gasteiger partial charge is 0.263 e. The Morgan fingerprint density at radius 3 is 2.47 bits per heavy atom. The first kappa shape index (κ1) is 10.5. The van der Waals surface area contributed by atoms with E-state index in [1.165, 1.54) is 0 Å². The van der Waals surface area contributed by atoms with E-state index in [9.17, 15) is 0 Å². The summed E-state index contributed by atoms with van der Waals surface area (Å²) in [4.78, 5) is 4.29. The number of nitrogens with one attached hydrogen (secondary N) is 1. The number of H-pyrrole nitrogens is 1. The fourth-order valence-electron chi connectivity index (χ4n) is 1.28. The quantitative estimate of drug-likeness (QED) is 0.877. The molecule has 2 rings (SSSR count). The van der Waals surface area contributed by atoms with Crippen molar-refractivity contribution in [1.82, 2.24) is 15.2 Å². The van der Waals surface area contributed by atoms with Gasteiger partial charge in [0.1, 0.15) is 5.82 Å². The lowest BCUT2D eigenvalue weighted by molar-refractivity contribution is 0.946. The van der Waals surface area contributed by atoms with E-state index in [4.69, 9.17) is 23.2 Å². The molecule has 2 aromatic rings. The standard InChI is InChI=1S/C10H9Cl2N3/c1-2-8-13-10(15-14-8)9-6(11)4-3-5-7(9)12/h3-5H,2H2,1H3,(H,13,14,15). The van der Waals surface area contributed by atoms with Gasteiger partial charge in [-0.3, -0.25) is 5.10 Å². The molecule has 0 unspecified atom stereocenters. The molecule has 0 saturated heterocycles. The van der Waals surface area contributed by atoms with Crippen LogP contribution in [0.5, 0.6) is 0 Å². The number of benzene rings is 1. The lowest BCUT2D eigenvalue weighted by Crippen LogP contribution is -1.85. The van der Waals surface area contributed by atoms with Crippen LogP contribution >= 0.6 is 23.2 Å². The molecule has 0 aliphatic heterocycles. The average molecular weight is 242 g/mol. The zero-order chi connectivity index (χ0) is 10.8. The third-order valence-corrected chi connectivity index (χ3v) is 2.68. The number of hydrogen-bond donors (Lipinski definition) is 1. The van der Waals surface area contributed by atoms with E-state index >= 15 is 0 Å². The molecule has 0 spiro atoms.